The van der Waals surface area contributed by atoms with Gasteiger partial charge in [0.2, 0.25) is 0 Å². The van der Waals surface area contributed by atoms with E-state index in [4.69, 9.17) is 26.6 Å². The molecule has 7 heteroatoms. The predicted molar refractivity (Wildman–Crippen MR) is 91.5 cm³/mol. The number of carboxylic acids is 1. The molecule has 23 heavy (non-hydrogen) atoms. The highest BCUT2D eigenvalue weighted by molar-refractivity contribution is 6.56. The van der Waals surface area contributed by atoms with Crippen molar-refractivity contribution in [3.8, 4) is 0 Å². The van der Waals surface area contributed by atoms with Crippen molar-refractivity contribution in [2.24, 2.45) is 5.73 Å². The first-order valence-corrected chi connectivity index (χ1v) is 7.75. The second-order valence-corrected chi connectivity index (χ2v) is 6.93. The molecule has 2 rings (SSSR count). The molecule has 1 aromatic rings. The molecule has 124 valence electrons. The van der Waals surface area contributed by atoms with E-state index in [9.17, 15) is 9.90 Å². The van der Waals surface area contributed by atoms with Crippen molar-refractivity contribution in [1.29, 1.82) is 0 Å². The summed E-state index contributed by atoms with van der Waals surface area (Å²) in [6.45, 7) is 7.97. The van der Waals surface area contributed by atoms with E-state index in [0.717, 1.165) is 0 Å². The number of aromatic carboxylic acids is 1. The van der Waals surface area contributed by atoms with Crippen LogP contribution in [0.3, 0.4) is 0 Å². The third-order valence-corrected chi connectivity index (χ3v) is 4.71. The van der Waals surface area contributed by atoms with Crippen molar-refractivity contribution < 1.29 is 19.2 Å². The first kappa shape index (κ1) is 18.0. The highest BCUT2D eigenvalue weighted by Gasteiger charge is 2.52. The summed E-state index contributed by atoms with van der Waals surface area (Å²) in [5.74, 6) is -1.09. The van der Waals surface area contributed by atoms with Crippen LogP contribution in [0.25, 0.3) is 6.08 Å². The van der Waals surface area contributed by atoms with Crippen molar-refractivity contribution in [3.05, 3.63) is 39.8 Å². The molecule has 0 aromatic heterocycles. The number of carboxylic acid groups (broad SMARTS) is 1. The Morgan fingerprint density at radius 2 is 1.87 bits per heavy atom. The lowest BCUT2D eigenvalue weighted by Gasteiger charge is -2.32. The molecule has 0 atom stereocenters. The molecule has 0 bridgehead atoms. The Kier molecular flexibility index (Phi) is 4.92. The molecule has 0 radical (unpaired) electrons. The van der Waals surface area contributed by atoms with Crippen molar-refractivity contribution in [1.82, 2.24) is 0 Å². The van der Waals surface area contributed by atoms with Crippen LogP contribution in [-0.2, 0) is 9.31 Å². The van der Waals surface area contributed by atoms with Crippen LogP contribution in [0.2, 0.25) is 5.02 Å². The lowest BCUT2D eigenvalue weighted by atomic mass is 9.77. The van der Waals surface area contributed by atoms with Crippen LogP contribution in [0.4, 0.5) is 0 Å². The highest BCUT2D eigenvalue weighted by atomic mass is 35.5. The summed E-state index contributed by atoms with van der Waals surface area (Å²) in [5.41, 5.74) is 6.02. The Bertz CT molecular complexity index is 641. The summed E-state index contributed by atoms with van der Waals surface area (Å²) in [5, 5.41) is 9.53. The minimum Gasteiger partial charge on any atom is -0.478 e. The molecule has 1 aliphatic rings. The van der Waals surface area contributed by atoms with E-state index in [1.165, 1.54) is 0 Å². The first-order valence-electron chi connectivity index (χ1n) is 7.37. The molecule has 0 aliphatic carbocycles. The number of benzene rings is 1. The standard InChI is InChI=1S/C16H21BClNO4/c1-15(2)16(3,4)23-17(22-15)11(9-19)8-10-6-5-7-12(18)13(10)14(20)21/h5-8H,9,19H2,1-4H3,(H,20,21). The topological polar surface area (TPSA) is 81.8 Å². The van der Waals surface area contributed by atoms with Gasteiger partial charge in [-0.2, -0.15) is 0 Å². The molecule has 0 saturated carbocycles. The van der Waals surface area contributed by atoms with E-state index in [0.29, 0.717) is 11.0 Å². The average molecular weight is 338 g/mol. The van der Waals surface area contributed by atoms with Crippen LogP contribution in [-0.4, -0.2) is 35.9 Å². The minimum atomic E-state index is -1.09. The Hall–Kier alpha value is -1.34. The molecule has 0 unspecified atom stereocenters. The van der Waals surface area contributed by atoms with Gasteiger partial charge in [0.15, 0.2) is 0 Å². The van der Waals surface area contributed by atoms with Crippen LogP contribution in [0.15, 0.2) is 23.7 Å². The molecule has 1 fully saturated rings. The Labute approximate surface area is 141 Å². The van der Waals surface area contributed by atoms with Crippen LogP contribution in [0, 0.1) is 0 Å². The normalized spacial score (nSPS) is 19.9. The predicted octanol–water partition coefficient (Wildman–Crippen LogP) is 3.01. The fraction of sp³-hybridized carbons (Fsp3) is 0.438. The van der Waals surface area contributed by atoms with Gasteiger partial charge in [0.05, 0.1) is 21.8 Å². The van der Waals surface area contributed by atoms with Crippen LogP contribution in [0.1, 0.15) is 43.6 Å². The number of halogens is 1. The van der Waals surface area contributed by atoms with Gasteiger partial charge in [-0.25, -0.2) is 4.79 Å². The molecule has 0 spiro atoms. The number of hydrogen-bond acceptors (Lipinski definition) is 4. The molecule has 1 heterocycles. The summed E-state index contributed by atoms with van der Waals surface area (Å²) in [6.07, 6.45) is 1.68. The van der Waals surface area contributed by atoms with E-state index >= 15 is 0 Å². The summed E-state index contributed by atoms with van der Waals surface area (Å²) in [4.78, 5) is 11.4. The number of rotatable bonds is 4. The smallest absolute Gasteiger partial charge is 0.478 e. The molecule has 1 aliphatic heterocycles. The van der Waals surface area contributed by atoms with E-state index in [2.05, 4.69) is 0 Å². The fourth-order valence-corrected chi connectivity index (χ4v) is 2.57. The van der Waals surface area contributed by atoms with Crippen LogP contribution in [0.5, 0.6) is 0 Å². The van der Waals surface area contributed by atoms with E-state index < -0.39 is 24.3 Å². The maximum absolute atomic E-state index is 11.4. The molecular weight excluding hydrogens is 316 g/mol. The zero-order valence-electron chi connectivity index (χ0n) is 13.7. The van der Waals surface area contributed by atoms with Gasteiger partial charge < -0.3 is 20.1 Å². The minimum absolute atomic E-state index is 0.0386. The summed E-state index contributed by atoms with van der Waals surface area (Å²) in [6, 6.07) is 4.91. The van der Waals surface area contributed by atoms with E-state index in [-0.39, 0.29) is 17.1 Å². The number of carbonyl (C=O) groups is 1. The Balaban J connectivity index is 2.42. The molecule has 1 saturated heterocycles. The number of nitrogens with two attached hydrogens (primary N) is 1. The average Bonchev–Trinajstić information content (AvgIpc) is 2.64. The third kappa shape index (κ3) is 3.45. The maximum Gasteiger partial charge on any atom is 0.491 e. The molecular formula is C16H21BClNO4. The quantitative estimate of drug-likeness (QED) is 0.825. The van der Waals surface area contributed by atoms with Crippen molar-refractivity contribution >= 4 is 30.8 Å². The van der Waals surface area contributed by atoms with E-state index in [1.807, 2.05) is 27.7 Å². The fourth-order valence-electron chi connectivity index (χ4n) is 2.30. The Morgan fingerprint density at radius 3 is 2.35 bits per heavy atom. The van der Waals surface area contributed by atoms with E-state index in [1.54, 1.807) is 24.3 Å². The monoisotopic (exact) mass is 337 g/mol. The Morgan fingerprint density at radius 1 is 1.30 bits per heavy atom. The van der Waals surface area contributed by atoms with Gasteiger partial charge in [-0.15, -0.1) is 0 Å². The van der Waals surface area contributed by atoms with Gasteiger partial charge in [0.1, 0.15) is 0 Å². The van der Waals surface area contributed by atoms with Gasteiger partial charge in [-0.1, -0.05) is 29.8 Å². The SMILES string of the molecule is CC1(C)OB(C(=Cc2cccc(Cl)c2C(=O)O)CN)OC1(C)C. The van der Waals surface area contributed by atoms with Gasteiger partial charge in [0.25, 0.3) is 0 Å². The molecule has 0 amide bonds. The molecule has 3 N–H and O–H groups in total. The van der Waals surface area contributed by atoms with Gasteiger partial charge in [-0.3, -0.25) is 0 Å². The molecule has 5 nitrogen and oxygen atoms in total. The second-order valence-electron chi connectivity index (χ2n) is 6.52. The molecule has 1 aromatic carbocycles. The second kappa shape index (κ2) is 6.28. The van der Waals surface area contributed by atoms with Crippen molar-refractivity contribution in [3.63, 3.8) is 0 Å². The van der Waals surface area contributed by atoms with Crippen LogP contribution >= 0.6 is 11.6 Å². The lowest BCUT2D eigenvalue weighted by Crippen LogP contribution is -2.41. The summed E-state index contributed by atoms with van der Waals surface area (Å²) < 4.78 is 11.9. The zero-order chi connectivity index (χ0) is 17.4. The van der Waals surface area contributed by atoms with Gasteiger partial charge >= 0.3 is 13.1 Å². The zero-order valence-corrected chi connectivity index (χ0v) is 14.5. The first-order chi connectivity index (χ1) is 10.6. The lowest BCUT2D eigenvalue weighted by molar-refractivity contribution is 0.00578. The van der Waals surface area contributed by atoms with Crippen molar-refractivity contribution in [2.45, 2.75) is 38.9 Å². The third-order valence-electron chi connectivity index (χ3n) is 4.39. The summed E-state index contributed by atoms with van der Waals surface area (Å²) >= 11 is 6.00. The largest absolute Gasteiger partial charge is 0.491 e. The van der Waals surface area contributed by atoms with Gasteiger partial charge in [0, 0.05) is 6.54 Å². The van der Waals surface area contributed by atoms with Crippen molar-refractivity contribution in [2.75, 3.05) is 6.54 Å². The van der Waals surface area contributed by atoms with Crippen LogP contribution < -0.4 is 5.73 Å². The number of hydrogen-bond donors (Lipinski definition) is 2. The highest BCUT2D eigenvalue weighted by Crippen LogP contribution is 2.38. The summed E-state index contributed by atoms with van der Waals surface area (Å²) in [7, 11) is -0.620. The van der Waals surface area contributed by atoms with Gasteiger partial charge in [-0.05, 0) is 44.8 Å². The maximum atomic E-state index is 11.4.